The SMILES string of the molecule is COCCNC(=O)[C@@H]1CCC(=O)N1S(=O)(=O)c1ccc(OC)c(C)c1. The highest BCUT2D eigenvalue weighted by atomic mass is 32.2. The summed E-state index contributed by atoms with van der Waals surface area (Å²) in [6, 6.07) is 3.28. The lowest BCUT2D eigenvalue weighted by Gasteiger charge is -2.24. The van der Waals surface area contributed by atoms with Crippen molar-refractivity contribution in [2.24, 2.45) is 0 Å². The van der Waals surface area contributed by atoms with Crippen LogP contribution in [0.1, 0.15) is 18.4 Å². The molecule has 25 heavy (non-hydrogen) atoms. The number of hydrogen-bond acceptors (Lipinski definition) is 6. The van der Waals surface area contributed by atoms with Crippen LogP contribution in [0.2, 0.25) is 0 Å². The third-order valence-corrected chi connectivity index (χ3v) is 5.82. The van der Waals surface area contributed by atoms with E-state index in [0.29, 0.717) is 22.2 Å². The minimum atomic E-state index is -4.12. The molecule has 0 aliphatic carbocycles. The molecule has 8 nitrogen and oxygen atoms in total. The number of nitrogens with zero attached hydrogens (tertiary/aromatic N) is 1. The molecule has 1 aromatic rings. The third kappa shape index (κ3) is 3.93. The Morgan fingerprint density at radius 3 is 2.68 bits per heavy atom. The quantitative estimate of drug-likeness (QED) is 0.699. The lowest BCUT2D eigenvalue weighted by molar-refractivity contribution is -0.130. The Labute approximate surface area is 147 Å². The maximum absolute atomic E-state index is 12.9. The van der Waals surface area contributed by atoms with Gasteiger partial charge in [0.2, 0.25) is 11.8 Å². The van der Waals surface area contributed by atoms with Crippen molar-refractivity contribution in [3.63, 3.8) is 0 Å². The van der Waals surface area contributed by atoms with E-state index in [9.17, 15) is 18.0 Å². The van der Waals surface area contributed by atoms with E-state index < -0.39 is 27.9 Å². The van der Waals surface area contributed by atoms with E-state index in [4.69, 9.17) is 9.47 Å². The number of nitrogens with one attached hydrogen (secondary N) is 1. The molecule has 0 bridgehead atoms. The summed E-state index contributed by atoms with van der Waals surface area (Å²) in [4.78, 5) is 24.4. The summed E-state index contributed by atoms with van der Waals surface area (Å²) in [5.41, 5.74) is 0.622. The topological polar surface area (TPSA) is 102 Å². The molecule has 1 aromatic carbocycles. The highest BCUT2D eigenvalue weighted by Gasteiger charge is 2.44. The Bertz CT molecular complexity index is 762. The fourth-order valence-corrected chi connectivity index (χ4v) is 4.41. The van der Waals surface area contributed by atoms with Crippen molar-refractivity contribution in [3.05, 3.63) is 23.8 Å². The summed E-state index contributed by atoms with van der Waals surface area (Å²) in [5, 5.41) is 2.59. The first kappa shape index (κ1) is 19.2. The summed E-state index contributed by atoms with van der Waals surface area (Å²) >= 11 is 0. The van der Waals surface area contributed by atoms with Crippen molar-refractivity contribution in [2.75, 3.05) is 27.4 Å². The van der Waals surface area contributed by atoms with Crippen molar-refractivity contribution in [2.45, 2.75) is 30.7 Å². The van der Waals surface area contributed by atoms with Crippen molar-refractivity contribution in [1.82, 2.24) is 9.62 Å². The first-order chi connectivity index (χ1) is 11.8. The van der Waals surface area contributed by atoms with Gasteiger partial charge in [-0.25, -0.2) is 12.7 Å². The first-order valence-corrected chi connectivity index (χ1v) is 9.25. The molecule has 1 heterocycles. The highest BCUT2D eigenvalue weighted by Crippen LogP contribution is 2.29. The molecular weight excluding hydrogens is 348 g/mol. The van der Waals surface area contributed by atoms with Gasteiger partial charge < -0.3 is 14.8 Å². The number of amides is 2. The van der Waals surface area contributed by atoms with Gasteiger partial charge in [-0.2, -0.15) is 0 Å². The number of benzene rings is 1. The van der Waals surface area contributed by atoms with Crippen LogP contribution in [0.25, 0.3) is 0 Å². The lowest BCUT2D eigenvalue weighted by atomic mass is 10.2. The molecule has 1 saturated heterocycles. The molecule has 1 N–H and O–H groups in total. The Morgan fingerprint density at radius 1 is 1.36 bits per heavy atom. The van der Waals surface area contributed by atoms with Gasteiger partial charge >= 0.3 is 0 Å². The average molecular weight is 370 g/mol. The van der Waals surface area contributed by atoms with Crippen molar-refractivity contribution in [3.8, 4) is 5.75 Å². The molecule has 0 saturated carbocycles. The van der Waals surface area contributed by atoms with E-state index in [0.717, 1.165) is 0 Å². The Balaban J connectivity index is 2.30. The number of carbonyl (C=O) groups is 2. The van der Waals surface area contributed by atoms with E-state index in [-0.39, 0.29) is 24.3 Å². The van der Waals surface area contributed by atoms with Crippen molar-refractivity contribution < 1.29 is 27.5 Å². The monoisotopic (exact) mass is 370 g/mol. The van der Waals surface area contributed by atoms with Crippen LogP contribution in [0.4, 0.5) is 0 Å². The van der Waals surface area contributed by atoms with Crippen LogP contribution in [0.15, 0.2) is 23.1 Å². The van der Waals surface area contributed by atoms with Gasteiger partial charge in [0.05, 0.1) is 18.6 Å². The van der Waals surface area contributed by atoms with Gasteiger partial charge in [-0.15, -0.1) is 0 Å². The Morgan fingerprint density at radius 2 is 2.08 bits per heavy atom. The lowest BCUT2D eigenvalue weighted by Crippen LogP contribution is -2.48. The molecule has 0 spiro atoms. The highest BCUT2D eigenvalue weighted by molar-refractivity contribution is 7.89. The minimum absolute atomic E-state index is 0.0106. The molecule has 1 atom stereocenters. The number of ether oxygens (including phenoxy) is 2. The van der Waals surface area contributed by atoms with Gasteiger partial charge in [0.25, 0.3) is 10.0 Å². The van der Waals surface area contributed by atoms with Crippen LogP contribution >= 0.6 is 0 Å². The number of methoxy groups -OCH3 is 2. The number of sulfonamides is 1. The second-order valence-electron chi connectivity index (χ2n) is 5.66. The van der Waals surface area contributed by atoms with Crippen LogP contribution in [0, 0.1) is 6.92 Å². The van der Waals surface area contributed by atoms with E-state index in [1.54, 1.807) is 6.92 Å². The fraction of sp³-hybridized carbons (Fsp3) is 0.500. The smallest absolute Gasteiger partial charge is 0.267 e. The zero-order chi connectivity index (χ0) is 18.6. The van der Waals surface area contributed by atoms with Gasteiger partial charge in [-0.3, -0.25) is 9.59 Å². The van der Waals surface area contributed by atoms with E-state index >= 15 is 0 Å². The zero-order valence-electron chi connectivity index (χ0n) is 14.4. The standard InChI is InChI=1S/C16H22N2O6S/c1-11-10-12(4-6-14(11)24-3)25(21,22)18-13(5-7-15(18)19)16(20)17-8-9-23-2/h4,6,10,13H,5,7-9H2,1-3H3,(H,17,20)/t13-/m0/s1. The van der Waals surface area contributed by atoms with E-state index in [1.165, 1.54) is 32.4 Å². The molecule has 1 aliphatic heterocycles. The number of aryl methyl sites for hydroxylation is 1. The van der Waals surface area contributed by atoms with Crippen molar-refractivity contribution >= 4 is 21.8 Å². The van der Waals surface area contributed by atoms with Gasteiger partial charge in [0.1, 0.15) is 11.8 Å². The second-order valence-corrected chi connectivity index (χ2v) is 7.48. The van der Waals surface area contributed by atoms with Crippen LogP contribution in [-0.4, -0.2) is 58.0 Å². The molecular formula is C16H22N2O6S. The molecule has 1 fully saturated rings. The van der Waals surface area contributed by atoms with E-state index in [2.05, 4.69) is 5.32 Å². The minimum Gasteiger partial charge on any atom is -0.496 e. The van der Waals surface area contributed by atoms with Crippen LogP contribution < -0.4 is 10.1 Å². The third-order valence-electron chi connectivity index (χ3n) is 3.99. The Hall–Kier alpha value is -2.13. The molecule has 0 aromatic heterocycles. The molecule has 0 radical (unpaired) electrons. The Kier molecular flexibility index (Phi) is 6.02. The van der Waals surface area contributed by atoms with Crippen LogP contribution in [0.5, 0.6) is 5.75 Å². The summed E-state index contributed by atoms with van der Waals surface area (Å²) in [6.07, 6.45) is 0.169. The first-order valence-electron chi connectivity index (χ1n) is 7.81. The summed E-state index contributed by atoms with van der Waals surface area (Å²) in [7, 11) is -1.14. The molecule has 1 aliphatic rings. The molecule has 138 valence electrons. The summed E-state index contributed by atoms with van der Waals surface area (Å²) in [5.74, 6) is -0.544. The van der Waals surface area contributed by atoms with Gasteiger partial charge in [-0.05, 0) is 37.1 Å². The summed E-state index contributed by atoms with van der Waals surface area (Å²) in [6.45, 7) is 2.25. The molecule has 2 amide bonds. The van der Waals surface area contributed by atoms with Gasteiger partial charge in [0.15, 0.2) is 0 Å². The molecule has 9 heteroatoms. The largest absolute Gasteiger partial charge is 0.496 e. The van der Waals surface area contributed by atoms with Crippen molar-refractivity contribution in [1.29, 1.82) is 0 Å². The maximum Gasteiger partial charge on any atom is 0.267 e. The van der Waals surface area contributed by atoms with E-state index in [1.807, 2.05) is 0 Å². The maximum atomic E-state index is 12.9. The molecule has 0 unspecified atom stereocenters. The number of hydrogen-bond donors (Lipinski definition) is 1. The number of rotatable bonds is 7. The van der Waals surface area contributed by atoms with Gasteiger partial charge in [-0.1, -0.05) is 0 Å². The summed E-state index contributed by atoms with van der Waals surface area (Å²) < 4.78 is 36.5. The number of carbonyl (C=O) groups excluding carboxylic acids is 2. The predicted octanol–water partition coefficient (Wildman–Crippen LogP) is 0.446. The van der Waals surface area contributed by atoms with Gasteiger partial charge in [0, 0.05) is 20.1 Å². The zero-order valence-corrected chi connectivity index (χ0v) is 15.3. The fourth-order valence-electron chi connectivity index (χ4n) is 2.72. The van der Waals surface area contributed by atoms with Crippen LogP contribution in [-0.2, 0) is 24.3 Å². The molecule has 2 rings (SSSR count). The van der Waals surface area contributed by atoms with Crippen LogP contribution in [0.3, 0.4) is 0 Å². The predicted molar refractivity (Wildman–Crippen MR) is 89.7 cm³/mol. The second kappa shape index (κ2) is 7.83. The normalized spacial score (nSPS) is 17.6. The average Bonchev–Trinajstić information content (AvgIpc) is 2.97.